The van der Waals surface area contributed by atoms with Gasteiger partial charge in [-0.2, -0.15) is 10.4 Å². The zero-order chi connectivity index (χ0) is 27.4. The van der Waals surface area contributed by atoms with E-state index in [-0.39, 0.29) is 40.7 Å². The number of rotatable bonds is 8. The van der Waals surface area contributed by atoms with Crippen molar-refractivity contribution < 1.29 is 33.5 Å². The van der Waals surface area contributed by atoms with Crippen molar-refractivity contribution in [2.24, 2.45) is 5.73 Å². The predicted octanol–water partition coefficient (Wildman–Crippen LogP) is 2.26. The van der Waals surface area contributed by atoms with Gasteiger partial charge < -0.3 is 24.7 Å². The molecule has 13 nitrogen and oxygen atoms in total. The van der Waals surface area contributed by atoms with Crippen molar-refractivity contribution in [2.75, 3.05) is 21.3 Å². The minimum absolute atomic E-state index is 0.0631. The first kappa shape index (κ1) is 26.7. The van der Waals surface area contributed by atoms with Crippen LogP contribution in [0.15, 0.2) is 41.0 Å². The molecule has 0 radical (unpaired) electrons. The highest BCUT2D eigenvalue weighted by Gasteiger charge is 2.38. The molecule has 2 N–H and O–H groups in total. The van der Waals surface area contributed by atoms with Crippen molar-refractivity contribution >= 4 is 17.6 Å². The summed E-state index contributed by atoms with van der Waals surface area (Å²) in [7, 11) is 3.80. The maximum absolute atomic E-state index is 12.9. The number of allylic oxidation sites excluding steroid dienone is 1. The number of hydrogen-bond acceptors (Lipinski definition) is 11. The SMILES string of the molecule is COC(=O)CC1=C(C(=O)OC)[C@@H](c2ccc(OC)c(Cn3nc(C)c([N+](=O)[O-])c3C)c2)C(C#N)=C(N)O1. The van der Waals surface area contributed by atoms with E-state index in [0.717, 1.165) is 7.11 Å². The molecule has 0 saturated carbocycles. The lowest BCUT2D eigenvalue weighted by Gasteiger charge is -2.28. The second-order valence-corrected chi connectivity index (χ2v) is 8.01. The normalized spacial score (nSPS) is 15.1. The van der Waals surface area contributed by atoms with E-state index in [1.807, 2.05) is 6.07 Å². The predicted molar refractivity (Wildman–Crippen MR) is 127 cm³/mol. The third-order valence-corrected chi connectivity index (χ3v) is 5.92. The molecule has 0 bridgehead atoms. The summed E-state index contributed by atoms with van der Waals surface area (Å²) >= 11 is 0. The summed E-state index contributed by atoms with van der Waals surface area (Å²) in [5.74, 6) is -2.48. The lowest BCUT2D eigenvalue weighted by molar-refractivity contribution is -0.386. The Morgan fingerprint density at radius 1 is 1.27 bits per heavy atom. The van der Waals surface area contributed by atoms with E-state index < -0.39 is 29.2 Å². The molecule has 0 fully saturated rings. The highest BCUT2D eigenvalue weighted by atomic mass is 16.6. The van der Waals surface area contributed by atoms with E-state index in [4.69, 9.17) is 24.7 Å². The number of ether oxygens (including phenoxy) is 4. The molecule has 0 unspecified atom stereocenters. The molecule has 0 aliphatic carbocycles. The summed E-state index contributed by atoms with van der Waals surface area (Å²) in [5.41, 5.74) is 7.37. The summed E-state index contributed by atoms with van der Waals surface area (Å²) in [6.45, 7) is 3.22. The Balaban J connectivity index is 2.20. The minimum Gasteiger partial charge on any atom is -0.496 e. The number of aryl methyl sites for hydroxylation is 1. The number of hydrogen-bond donors (Lipinski definition) is 1. The van der Waals surface area contributed by atoms with E-state index in [0.29, 0.717) is 22.6 Å². The second-order valence-electron chi connectivity index (χ2n) is 8.01. The van der Waals surface area contributed by atoms with E-state index >= 15 is 0 Å². The number of nitrogens with two attached hydrogens (primary N) is 1. The number of esters is 2. The summed E-state index contributed by atoms with van der Waals surface area (Å²) < 4.78 is 22.1. The van der Waals surface area contributed by atoms with Gasteiger partial charge in [-0.3, -0.25) is 19.6 Å². The van der Waals surface area contributed by atoms with Crippen molar-refractivity contribution in [1.29, 1.82) is 5.26 Å². The molecule has 194 valence electrons. The molecule has 0 amide bonds. The first-order valence-electron chi connectivity index (χ1n) is 10.9. The first-order chi connectivity index (χ1) is 17.6. The molecule has 0 saturated heterocycles. The lowest BCUT2D eigenvalue weighted by atomic mass is 9.82. The summed E-state index contributed by atoms with van der Waals surface area (Å²) in [6.07, 6.45) is -0.421. The number of carbonyl (C=O) groups is 2. The van der Waals surface area contributed by atoms with Crippen LogP contribution in [-0.2, 0) is 30.3 Å². The third-order valence-electron chi connectivity index (χ3n) is 5.92. The van der Waals surface area contributed by atoms with Crippen LogP contribution >= 0.6 is 0 Å². The molecule has 37 heavy (non-hydrogen) atoms. The van der Waals surface area contributed by atoms with Gasteiger partial charge in [0, 0.05) is 5.56 Å². The second kappa shape index (κ2) is 10.8. The number of methoxy groups -OCH3 is 3. The van der Waals surface area contributed by atoms with E-state index in [1.54, 1.807) is 32.0 Å². The Hall–Kier alpha value is -4.86. The number of carbonyl (C=O) groups excluding carboxylic acids is 2. The zero-order valence-electron chi connectivity index (χ0n) is 20.9. The van der Waals surface area contributed by atoms with E-state index in [2.05, 4.69) is 5.10 Å². The fraction of sp³-hybridized carbons (Fsp3) is 0.333. The van der Waals surface area contributed by atoms with Crippen LogP contribution in [-0.4, -0.2) is 48.0 Å². The highest BCUT2D eigenvalue weighted by molar-refractivity contribution is 5.93. The average Bonchev–Trinajstić information content (AvgIpc) is 3.15. The molecule has 1 aliphatic heterocycles. The van der Waals surface area contributed by atoms with Crippen LogP contribution in [0.3, 0.4) is 0 Å². The van der Waals surface area contributed by atoms with Gasteiger partial charge in [0.15, 0.2) is 0 Å². The number of nitrogens with zero attached hydrogens (tertiary/aromatic N) is 4. The fourth-order valence-electron chi connectivity index (χ4n) is 4.19. The van der Waals surface area contributed by atoms with Crippen LogP contribution in [0.4, 0.5) is 5.69 Å². The molecule has 0 spiro atoms. The monoisotopic (exact) mass is 511 g/mol. The van der Waals surface area contributed by atoms with Gasteiger partial charge in [0.2, 0.25) is 5.88 Å². The molecular weight excluding hydrogens is 486 g/mol. The highest BCUT2D eigenvalue weighted by Crippen LogP contribution is 2.42. The van der Waals surface area contributed by atoms with Crippen molar-refractivity contribution in [3.63, 3.8) is 0 Å². The maximum Gasteiger partial charge on any atom is 0.338 e. The molecule has 2 aromatic rings. The Morgan fingerprint density at radius 2 is 1.97 bits per heavy atom. The summed E-state index contributed by atoms with van der Waals surface area (Å²) in [5, 5.41) is 25.6. The molecule has 2 heterocycles. The van der Waals surface area contributed by atoms with Gasteiger partial charge in [-0.05, 0) is 31.5 Å². The largest absolute Gasteiger partial charge is 0.496 e. The van der Waals surface area contributed by atoms with Crippen LogP contribution in [0.1, 0.15) is 34.9 Å². The topological polar surface area (TPSA) is 182 Å². The Kier molecular flexibility index (Phi) is 7.82. The molecule has 13 heteroatoms. The van der Waals surface area contributed by atoms with Crippen molar-refractivity contribution in [3.05, 3.63) is 73.6 Å². The van der Waals surface area contributed by atoms with Crippen molar-refractivity contribution in [3.8, 4) is 11.8 Å². The van der Waals surface area contributed by atoms with Crippen LogP contribution in [0.2, 0.25) is 0 Å². The average molecular weight is 511 g/mol. The first-order valence-corrected chi connectivity index (χ1v) is 10.9. The van der Waals surface area contributed by atoms with Gasteiger partial charge in [0.1, 0.15) is 41.0 Å². The fourth-order valence-corrected chi connectivity index (χ4v) is 4.19. The number of nitriles is 1. The quantitative estimate of drug-likeness (QED) is 0.312. The van der Waals surface area contributed by atoms with Gasteiger partial charge in [-0.1, -0.05) is 6.07 Å². The van der Waals surface area contributed by atoms with E-state index in [9.17, 15) is 25.0 Å². The Morgan fingerprint density at radius 3 is 2.51 bits per heavy atom. The van der Waals surface area contributed by atoms with Crippen LogP contribution in [0, 0.1) is 35.3 Å². The van der Waals surface area contributed by atoms with Gasteiger partial charge in [0.25, 0.3) is 0 Å². The van der Waals surface area contributed by atoms with Crippen LogP contribution in [0.25, 0.3) is 0 Å². The minimum atomic E-state index is -1.04. The standard InChI is InChI=1S/C24H25N5O8/c1-12-22(29(32)33)13(2)28(27-12)11-15-8-14(6-7-17(15)34-3)20-16(10-25)23(26)37-18(9-19(30)35-4)21(20)24(31)36-5/h6-8,20H,9,11,26H2,1-5H3/t20-/m0/s1. The Bertz CT molecular complexity index is 1380. The summed E-state index contributed by atoms with van der Waals surface area (Å²) in [4.78, 5) is 35.8. The molecule has 3 rings (SSSR count). The smallest absolute Gasteiger partial charge is 0.338 e. The van der Waals surface area contributed by atoms with Crippen LogP contribution < -0.4 is 10.5 Å². The molecular formula is C24H25N5O8. The van der Waals surface area contributed by atoms with Crippen molar-refractivity contribution in [1.82, 2.24) is 9.78 Å². The van der Waals surface area contributed by atoms with Crippen LogP contribution in [0.5, 0.6) is 5.75 Å². The summed E-state index contributed by atoms with van der Waals surface area (Å²) in [6, 6.07) is 6.90. The number of benzene rings is 1. The lowest BCUT2D eigenvalue weighted by Crippen LogP contribution is -2.27. The van der Waals surface area contributed by atoms with Gasteiger partial charge >= 0.3 is 17.6 Å². The molecule has 1 aromatic carbocycles. The van der Waals surface area contributed by atoms with Gasteiger partial charge in [-0.15, -0.1) is 0 Å². The van der Waals surface area contributed by atoms with Crippen molar-refractivity contribution in [2.45, 2.75) is 32.7 Å². The number of aromatic nitrogens is 2. The maximum atomic E-state index is 12.9. The molecule has 1 aromatic heterocycles. The number of nitro groups is 1. The van der Waals surface area contributed by atoms with E-state index in [1.165, 1.54) is 18.9 Å². The van der Waals surface area contributed by atoms with Gasteiger partial charge in [0.05, 0.1) is 44.3 Å². The zero-order valence-corrected chi connectivity index (χ0v) is 20.9. The molecule has 1 aliphatic rings. The Labute approximate surface area is 211 Å². The molecule has 1 atom stereocenters. The van der Waals surface area contributed by atoms with Gasteiger partial charge in [-0.25, -0.2) is 4.79 Å². The third kappa shape index (κ3) is 5.08.